The van der Waals surface area contributed by atoms with Crippen molar-refractivity contribution in [1.29, 1.82) is 0 Å². The largest absolute Gasteiger partial charge is 0.396 e. The van der Waals surface area contributed by atoms with Gasteiger partial charge in [0.05, 0.1) is 6.61 Å². The number of rotatable bonds is 2. The average molecular weight is 245 g/mol. The summed E-state index contributed by atoms with van der Waals surface area (Å²) in [6, 6.07) is 0.758. The molecule has 0 aromatic carbocycles. The van der Waals surface area contributed by atoms with Crippen LogP contribution in [-0.2, 0) is 0 Å². The van der Waals surface area contributed by atoms with Crippen molar-refractivity contribution >= 4 is 5.82 Å². The van der Waals surface area contributed by atoms with Crippen LogP contribution in [0.5, 0.6) is 0 Å². The van der Waals surface area contributed by atoms with Gasteiger partial charge in [0.2, 0.25) is 0 Å². The highest BCUT2D eigenvalue weighted by molar-refractivity contribution is 5.23. The third kappa shape index (κ3) is 2.14. The van der Waals surface area contributed by atoms with E-state index in [9.17, 15) is 13.6 Å². The van der Waals surface area contributed by atoms with E-state index in [1.807, 2.05) is 0 Å². The summed E-state index contributed by atoms with van der Waals surface area (Å²) in [5.74, 6) is -3.98. The minimum Gasteiger partial charge on any atom is -0.396 e. The van der Waals surface area contributed by atoms with Gasteiger partial charge in [-0.25, -0.2) is 13.6 Å². The van der Waals surface area contributed by atoms with Crippen LogP contribution in [-0.4, -0.2) is 27.2 Å². The standard InChI is InChI=1S/C10H13F2N3O2/c11-10(12)4-7(3-6(10)5-16)15-2-1-8(13)14-9(15)17/h1-2,6-7,16H,3-5H2,(H2,13,14,17)/t6-,7-/m0/s1. The van der Waals surface area contributed by atoms with Gasteiger partial charge in [-0.3, -0.25) is 4.57 Å². The molecule has 1 fully saturated rings. The minimum absolute atomic E-state index is 0.0645. The van der Waals surface area contributed by atoms with E-state index < -0.39 is 36.6 Å². The Morgan fingerprint density at radius 3 is 2.88 bits per heavy atom. The van der Waals surface area contributed by atoms with Gasteiger partial charge in [0.15, 0.2) is 0 Å². The summed E-state index contributed by atoms with van der Waals surface area (Å²) in [7, 11) is 0. The van der Waals surface area contributed by atoms with Crippen LogP contribution in [0.15, 0.2) is 17.1 Å². The summed E-state index contributed by atoms with van der Waals surface area (Å²) in [5.41, 5.74) is 4.69. The molecule has 2 atom stereocenters. The number of aliphatic hydroxyl groups excluding tert-OH is 1. The van der Waals surface area contributed by atoms with Crippen LogP contribution in [0.25, 0.3) is 0 Å². The third-order valence-electron chi connectivity index (χ3n) is 3.13. The molecule has 5 nitrogen and oxygen atoms in total. The van der Waals surface area contributed by atoms with Gasteiger partial charge in [-0.1, -0.05) is 0 Å². The van der Waals surface area contributed by atoms with E-state index in [1.54, 1.807) is 0 Å². The van der Waals surface area contributed by atoms with Crippen molar-refractivity contribution < 1.29 is 13.9 Å². The Balaban J connectivity index is 2.29. The first-order valence-corrected chi connectivity index (χ1v) is 5.27. The van der Waals surface area contributed by atoms with Crippen LogP contribution < -0.4 is 11.4 Å². The lowest BCUT2D eigenvalue weighted by atomic mass is 10.1. The van der Waals surface area contributed by atoms with Crippen molar-refractivity contribution in [2.24, 2.45) is 5.92 Å². The Bertz CT molecular complexity index is 475. The van der Waals surface area contributed by atoms with Gasteiger partial charge in [0, 0.05) is 24.6 Å². The smallest absolute Gasteiger partial charge is 0.349 e. The second-order valence-electron chi connectivity index (χ2n) is 4.28. The molecule has 1 heterocycles. The van der Waals surface area contributed by atoms with Gasteiger partial charge in [-0.05, 0) is 12.5 Å². The molecule has 0 spiro atoms. The first-order valence-electron chi connectivity index (χ1n) is 5.27. The van der Waals surface area contributed by atoms with Crippen molar-refractivity contribution in [3.8, 4) is 0 Å². The number of nitrogens with two attached hydrogens (primary N) is 1. The number of nitrogen functional groups attached to an aromatic ring is 1. The molecule has 94 valence electrons. The first-order chi connectivity index (χ1) is 7.94. The lowest BCUT2D eigenvalue weighted by molar-refractivity contribution is -0.0551. The lowest BCUT2D eigenvalue weighted by Gasteiger charge is -2.15. The predicted molar refractivity (Wildman–Crippen MR) is 56.7 cm³/mol. The van der Waals surface area contributed by atoms with Gasteiger partial charge >= 0.3 is 5.69 Å². The van der Waals surface area contributed by atoms with Crippen LogP contribution in [0, 0.1) is 5.92 Å². The number of aromatic nitrogens is 2. The zero-order valence-corrected chi connectivity index (χ0v) is 9.01. The van der Waals surface area contributed by atoms with E-state index in [2.05, 4.69) is 4.98 Å². The Morgan fingerprint density at radius 2 is 2.35 bits per heavy atom. The number of halogens is 2. The average Bonchev–Trinajstić information content (AvgIpc) is 2.53. The quantitative estimate of drug-likeness (QED) is 0.790. The zero-order chi connectivity index (χ0) is 12.6. The lowest BCUT2D eigenvalue weighted by Crippen LogP contribution is -2.27. The fraction of sp³-hybridized carbons (Fsp3) is 0.600. The van der Waals surface area contributed by atoms with Crippen molar-refractivity contribution in [2.45, 2.75) is 24.8 Å². The van der Waals surface area contributed by atoms with Crippen LogP contribution in [0.2, 0.25) is 0 Å². The SMILES string of the molecule is Nc1ccn([C@H]2C[C@@H](CO)C(F)(F)C2)c(=O)n1. The fourth-order valence-corrected chi connectivity index (χ4v) is 2.19. The van der Waals surface area contributed by atoms with Crippen LogP contribution >= 0.6 is 0 Å². The molecule has 2 rings (SSSR count). The maximum Gasteiger partial charge on any atom is 0.349 e. The molecule has 1 aliphatic rings. The van der Waals surface area contributed by atoms with E-state index in [0.717, 1.165) is 4.57 Å². The molecule has 1 saturated carbocycles. The first kappa shape index (κ1) is 12.0. The van der Waals surface area contributed by atoms with Crippen LogP contribution in [0.4, 0.5) is 14.6 Å². The molecule has 1 aromatic rings. The van der Waals surface area contributed by atoms with Gasteiger partial charge in [-0.2, -0.15) is 4.98 Å². The Kier molecular flexibility index (Phi) is 2.86. The zero-order valence-electron chi connectivity index (χ0n) is 9.01. The molecule has 1 aromatic heterocycles. The van der Waals surface area contributed by atoms with E-state index >= 15 is 0 Å². The van der Waals surface area contributed by atoms with Crippen molar-refractivity contribution in [1.82, 2.24) is 9.55 Å². The molecular formula is C10H13F2N3O2. The molecule has 0 radical (unpaired) electrons. The highest BCUT2D eigenvalue weighted by Crippen LogP contribution is 2.45. The Morgan fingerprint density at radius 1 is 1.65 bits per heavy atom. The number of anilines is 1. The number of hydrogen-bond acceptors (Lipinski definition) is 4. The van der Waals surface area contributed by atoms with Crippen LogP contribution in [0.1, 0.15) is 18.9 Å². The Labute approximate surface area is 95.9 Å². The number of hydrogen-bond donors (Lipinski definition) is 2. The molecule has 0 aliphatic heterocycles. The van der Waals surface area contributed by atoms with Gasteiger partial charge in [0.1, 0.15) is 5.82 Å². The summed E-state index contributed by atoms with van der Waals surface area (Å²) in [6.07, 6.45) is 0.976. The van der Waals surface area contributed by atoms with E-state index in [0.29, 0.717) is 0 Å². The van der Waals surface area contributed by atoms with Crippen molar-refractivity contribution in [3.05, 3.63) is 22.7 Å². The van der Waals surface area contributed by atoms with E-state index in [1.165, 1.54) is 12.3 Å². The monoisotopic (exact) mass is 245 g/mol. The summed E-state index contributed by atoms with van der Waals surface area (Å²) >= 11 is 0. The van der Waals surface area contributed by atoms with Gasteiger partial charge in [-0.15, -0.1) is 0 Å². The Hall–Kier alpha value is -1.50. The molecule has 0 amide bonds. The molecule has 1 aliphatic carbocycles. The second-order valence-corrected chi connectivity index (χ2v) is 4.28. The van der Waals surface area contributed by atoms with E-state index in [4.69, 9.17) is 10.8 Å². The molecular weight excluding hydrogens is 232 g/mol. The molecule has 0 unspecified atom stereocenters. The maximum absolute atomic E-state index is 13.4. The molecule has 7 heteroatoms. The summed E-state index contributed by atoms with van der Waals surface area (Å²) in [6.45, 7) is -0.583. The second kappa shape index (κ2) is 4.06. The van der Waals surface area contributed by atoms with Gasteiger partial charge < -0.3 is 10.8 Å². The minimum atomic E-state index is -2.94. The highest BCUT2D eigenvalue weighted by Gasteiger charge is 2.49. The highest BCUT2D eigenvalue weighted by atomic mass is 19.3. The summed E-state index contributed by atoms with van der Waals surface area (Å²) in [4.78, 5) is 15.0. The van der Waals surface area contributed by atoms with Gasteiger partial charge in [0.25, 0.3) is 5.92 Å². The number of alkyl halides is 2. The fourth-order valence-electron chi connectivity index (χ4n) is 2.19. The topological polar surface area (TPSA) is 81.1 Å². The van der Waals surface area contributed by atoms with Crippen molar-refractivity contribution in [3.63, 3.8) is 0 Å². The normalized spacial score (nSPS) is 27.2. The molecule has 3 N–H and O–H groups in total. The molecule has 0 bridgehead atoms. The summed E-state index contributed by atoms with van der Waals surface area (Å²) < 4.78 is 28.0. The number of aliphatic hydroxyl groups is 1. The van der Waals surface area contributed by atoms with Crippen molar-refractivity contribution in [2.75, 3.05) is 12.3 Å². The molecule has 17 heavy (non-hydrogen) atoms. The maximum atomic E-state index is 13.4. The van der Waals surface area contributed by atoms with Crippen LogP contribution in [0.3, 0.4) is 0 Å². The van der Waals surface area contributed by atoms with E-state index in [-0.39, 0.29) is 12.2 Å². The molecule has 0 saturated heterocycles. The number of nitrogens with zero attached hydrogens (tertiary/aromatic N) is 2. The predicted octanol–water partition coefficient (Wildman–Crippen LogP) is 0.404. The summed E-state index contributed by atoms with van der Waals surface area (Å²) in [5, 5.41) is 8.88. The third-order valence-corrected chi connectivity index (χ3v) is 3.13.